The standard InChI is InChI=1S/C19H17ClFN3O/c1-2-18-17(12-23-24(18)16-9-7-15(21)8-10-16)19(25)22-11-13-3-5-14(20)6-4-13/h3-10,12H,2,11H2,1H3,(H,22,25). The molecule has 0 aliphatic heterocycles. The molecule has 2 aromatic carbocycles. The molecule has 1 aromatic heterocycles. The third kappa shape index (κ3) is 3.88. The first-order valence-corrected chi connectivity index (χ1v) is 8.31. The summed E-state index contributed by atoms with van der Waals surface area (Å²) in [5, 5.41) is 7.83. The molecule has 0 bridgehead atoms. The van der Waals surface area contributed by atoms with Gasteiger partial charge in [-0.3, -0.25) is 4.79 Å². The van der Waals surface area contributed by atoms with E-state index in [9.17, 15) is 9.18 Å². The van der Waals surface area contributed by atoms with E-state index in [1.165, 1.54) is 12.1 Å². The first-order valence-electron chi connectivity index (χ1n) is 7.94. The van der Waals surface area contributed by atoms with Gasteiger partial charge in [0.15, 0.2) is 0 Å². The SMILES string of the molecule is CCc1c(C(=O)NCc2ccc(Cl)cc2)cnn1-c1ccc(F)cc1. The van der Waals surface area contributed by atoms with Crippen molar-refractivity contribution in [3.63, 3.8) is 0 Å². The fourth-order valence-corrected chi connectivity index (χ4v) is 2.71. The maximum Gasteiger partial charge on any atom is 0.255 e. The minimum absolute atomic E-state index is 0.194. The van der Waals surface area contributed by atoms with Crippen LogP contribution < -0.4 is 5.32 Å². The maximum atomic E-state index is 13.1. The molecular formula is C19H17ClFN3O. The Balaban J connectivity index is 1.78. The van der Waals surface area contributed by atoms with Crippen LogP contribution in [-0.4, -0.2) is 15.7 Å². The Hall–Kier alpha value is -2.66. The Labute approximate surface area is 150 Å². The number of nitrogens with zero attached hydrogens (tertiary/aromatic N) is 2. The lowest BCUT2D eigenvalue weighted by atomic mass is 10.1. The molecule has 3 aromatic rings. The second kappa shape index (κ2) is 7.49. The van der Waals surface area contributed by atoms with Crippen LogP contribution in [-0.2, 0) is 13.0 Å². The number of hydrogen-bond donors (Lipinski definition) is 1. The number of rotatable bonds is 5. The van der Waals surface area contributed by atoms with Crippen LogP contribution in [0.2, 0.25) is 5.02 Å². The van der Waals surface area contributed by atoms with Gasteiger partial charge in [0.2, 0.25) is 0 Å². The van der Waals surface area contributed by atoms with Gasteiger partial charge in [0, 0.05) is 11.6 Å². The van der Waals surface area contributed by atoms with E-state index in [1.807, 2.05) is 19.1 Å². The maximum absolute atomic E-state index is 13.1. The number of halogens is 2. The van der Waals surface area contributed by atoms with Gasteiger partial charge >= 0.3 is 0 Å². The lowest BCUT2D eigenvalue weighted by Crippen LogP contribution is -2.23. The molecular weight excluding hydrogens is 341 g/mol. The van der Waals surface area contributed by atoms with Gasteiger partial charge < -0.3 is 5.32 Å². The molecule has 0 saturated heterocycles. The predicted molar refractivity (Wildman–Crippen MR) is 95.5 cm³/mol. The van der Waals surface area contributed by atoms with E-state index in [1.54, 1.807) is 35.1 Å². The van der Waals surface area contributed by atoms with Crippen molar-refractivity contribution in [2.45, 2.75) is 19.9 Å². The highest BCUT2D eigenvalue weighted by Gasteiger charge is 2.17. The number of hydrogen-bond acceptors (Lipinski definition) is 2. The van der Waals surface area contributed by atoms with Crippen LogP contribution in [0.25, 0.3) is 5.69 Å². The number of benzene rings is 2. The number of amides is 1. The van der Waals surface area contributed by atoms with Crippen LogP contribution in [0.15, 0.2) is 54.7 Å². The number of aromatic nitrogens is 2. The van der Waals surface area contributed by atoms with Crippen molar-refractivity contribution in [2.75, 3.05) is 0 Å². The molecule has 0 aliphatic rings. The van der Waals surface area contributed by atoms with Crippen molar-refractivity contribution in [1.82, 2.24) is 15.1 Å². The zero-order valence-corrected chi connectivity index (χ0v) is 14.4. The first kappa shape index (κ1) is 17.2. The first-order chi connectivity index (χ1) is 12.1. The predicted octanol–water partition coefficient (Wildman–Crippen LogP) is 4.16. The molecule has 1 N–H and O–H groups in total. The lowest BCUT2D eigenvalue weighted by molar-refractivity contribution is 0.0950. The zero-order chi connectivity index (χ0) is 17.8. The highest BCUT2D eigenvalue weighted by Crippen LogP contribution is 2.17. The summed E-state index contributed by atoms with van der Waals surface area (Å²) in [5.41, 5.74) is 2.97. The van der Waals surface area contributed by atoms with E-state index in [4.69, 9.17) is 11.6 Å². The van der Waals surface area contributed by atoms with Gasteiger partial charge in [-0.25, -0.2) is 9.07 Å². The van der Waals surface area contributed by atoms with Crippen LogP contribution in [0.5, 0.6) is 0 Å². The average molecular weight is 358 g/mol. The van der Waals surface area contributed by atoms with Gasteiger partial charge in [-0.15, -0.1) is 0 Å². The summed E-state index contributed by atoms with van der Waals surface area (Å²) >= 11 is 5.86. The Morgan fingerprint density at radius 3 is 2.48 bits per heavy atom. The molecule has 0 atom stereocenters. The average Bonchev–Trinajstić information content (AvgIpc) is 3.05. The minimum atomic E-state index is -0.310. The van der Waals surface area contributed by atoms with Gasteiger partial charge in [-0.05, 0) is 48.4 Å². The number of nitrogens with one attached hydrogen (secondary N) is 1. The number of carbonyl (C=O) groups is 1. The molecule has 128 valence electrons. The largest absolute Gasteiger partial charge is 0.348 e. The molecule has 4 nitrogen and oxygen atoms in total. The van der Waals surface area contributed by atoms with Gasteiger partial charge in [0.05, 0.1) is 23.1 Å². The highest BCUT2D eigenvalue weighted by molar-refractivity contribution is 6.30. The summed E-state index contributed by atoms with van der Waals surface area (Å²) < 4.78 is 14.8. The number of carbonyl (C=O) groups excluding carboxylic acids is 1. The molecule has 0 spiro atoms. The second-order valence-corrected chi connectivity index (χ2v) is 5.99. The molecule has 0 saturated carbocycles. The Bertz CT molecular complexity index is 873. The van der Waals surface area contributed by atoms with E-state index in [0.29, 0.717) is 23.6 Å². The normalized spacial score (nSPS) is 10.7. The van der Waals surface area contributed by atoms with E-state index in [-0.39, 0.29) is 11.7 Å². The monoisotopic (exact) mass is 357 g/mol. The van der Waals surface area contributed by atoms with Gasteiger partial charge in [0.25, 0.3) is 5.91 Å². The van der Waals surface area contributed by atoms with E-state index >= 15 is 0 Å². The molecule has 0 aliphatic carbocycles. The van der Waals surface area contributed by atoms with E-state index in [0.717, 1.165) is 16.9 Å². The summed E-state index contributed by atoms with van der Waals surface area (Å²) in [7, 11) is 0. The minimum Gasteiger partial charge on any atom is -0.348 e. The summed E-state index contributed by atoms with van der Waals surface area (Å²) in [4.78, 5) is 12.5. The highest BCUT2D eigenvalue weighted by atomic mass is 35.5. The zero-order valence-electron chi connectivity index (χ0n) is 13.7. The lowest BCUT2D eigenvalue weighted by Gasteiger charge is -2.09. The van der Waals surface area contributed by atoms with Crippen molar-refractivity contribution < 1.29 is 9.18 Å². The Morgan fingerprint density at radius 1 is 1.16 bits per heavy atom. The summed E-state index contributed by atoms with van der Waals surface area (Å²) in [6.45, 7) is 2.36. The van der Waals surface area contributed by atoms with Crippen LogP contribution in [0, 0.1) is 5.82 Å². The molecule has 0 fully saturated rings. The van der Waals surface area contributed by atoms with Crippen molar-refractivity contribution in [1.29, 1.82) is 0 Å². The van der Waals surface area contributed by atoms with Gasteiger partial charge in [-0.1, -0.05) is 30.7 Å². The summed E-state index contributed by atoms with van der Waals surface area (Å²) in [6.07, 6.45) is 2.17. The molecule has 0 radical (unpaired) electrons. The van der Waals surface area contributed by atoms with E-state index in [2.05, 4.69) is 10.4 Å². The molecule has 0 unspecified atom stereocenters. The van der Waals surface area contributed by atoms with Gasteiger partial charge in [0.1, 0.15) is 5.82 Å². The van der Waals surface area contributed by atoms with Gasteiger partial charge in [-0.2, -0.15) is 5.10 Å². The van der Waals surface area contributed by atoms with Crippen molar-refractivity contribution in [2.24, 2.45) is 0 Å². The second-order valence-electron chi connectivity index (χ2n) is 5.56. The van der Waals surface area contributed by atoms with Crippen molar-refractivity contribution >= 4 is 17.5 Å². The summed E-state index contributed by atoms with van der Waals surface area (Å²) in [6, 6.07) is 13.3. The smallest absolute Gasteiger partial charge is 0.255 e. The topological polar surface area (TPSA) is 46.9 Å². The van der Waals surface area contributed by atoms with Crippen LogP contribution >= 0.6 is 11.6 Å². The molecule has 25 heavy (non-hydrogen) atoms. The quantitative estimate of drug-likeness (QED) is 0.745. The van der Waals surface area contributed by atoms with Crippen LogP contribution in [0.3, 0.4) is 0 Å². The van der Waals surface area contributed by atoms with Crippen molar-refractivity contribution in [3.8, 4) is 5.69 Å². The fourth-order valence-electron chi connectivity index (χ4n) is 2.59. The molecule has 3 rings (SSSR count). The van der Waals surface area contributed by atoms with E-state index < -0.39 is 0 Å². The third-order valence-electron chi connectivity index (χ3n) is 3.89. The summed E-state index contributed by atoms with van der Waals surface area (Å²) in [5.74, 6) is -0.505. The Kier molecular flexibility index (Phi) is 5.14. The molecule has 6 heteroatoms. The molecule has 1 heterocycles. The van der Waals surface area contributed by atoms with Crippen molar-refractivity contribution in [3.05, 3.63) is 82.4 Å². The Morgan fingerprint density at radius 2 is 1.84 bits per heavy atom. The molecule has 1 amide bonds. The third-order valence-corrected chi connectivity index (χ3v) is 4.14. The van der Waals surface area contributed by atoms with Crippen LogP contribution in [0.1, 0.15) is 28.5 Å². The fraction of sp³-hybridized carbons (Fsp3) is 0.158. The van der Waals surface area contributed by atoms with Crippen LogP contribution in [0.4, 0.5) is 4.39 Å².